The first kappa shape index (κ1) is 12.5. The van der Waals surface area contributed by atoms with E-state index in [-0.39, 0.29) is 16.9 Å². The molecule has 2 unspecified atom stereocenters. The van der Waals surface area contributed by atoms with Crippen LogP contribution in [0.15, 0.2) is 11.1 Å². The van der Waals surface area contributed by atoms with Crippen LogP contribution in [-0.2, 0) is 14.8 Å². The third-order valence-corrected chi connectivity index (χ3v) is 4.68. The lowest BCUT2D eigenvalue weighted by atomic mass is 10.0. The van der Waals surface area contributed by atoms with E-state index in [9.17, 15) is 8.42 Å². The van der Waals surface area contributed by atoms with Crippen LogP contribution in [0.4, 0.5) is 0 Å². The number of aryl methyl sites for hydroxylation is 1. The Hall–Kier alpha value is -0.920. The van der Waals surface area contributed by atoms with E-state index < -0.39 is 10.0 Å². The van der Waals surface area contributed by atoms with Crippen molar-refractivity contribution in [1.82, 2.24) is 14.9 Å². The van der Waals surface area contributed by atoms with Crippen LogP contribution in [0, 0.1) is 12.8 Å². The molecule has 2 atom stereocenters. The standard InChI is InChI=1S/C10H17N3O3S/c1-7-10(6-11-13-7)17(14,15)12-5-9-3-4-16-8(9)2/h6,8-9,12H,3-5H2,1-2H3,(H,11,13). The first-order valence-electron chi connectivity index (χ1n) is 5.62. The van der Waals surface area contributed by atoms with Crippen LogP contribution in [0.1, 0.15) is 19.0 Å². The summed E-state index contributed by atoms with van der Waals surface area (Å²) in [6.45, 7) is 4.77. The van der Waals surface area contributed by atoms with Gasteiger partial charge in [-0.2, -0.15) is 5.10 Å². The van der Waals surface area contributed by atoms with Gasteiger partial charge in [-0.1, -0.05) is 0 Å². The zero-order valence-corrected chi connectivity index (χ0v) is 10.8. The number of nitrogens with zero attached hydrogens (tertiary/aromatic N) is 1. The number of nitrogens with one attached hydrogen (secondary N) is 2. The molecule has 0 aromatic carbocycles. The highest BCUT2D eigenvalue weighted by molar-refractivity contribution is 7.89. The summed E-state index contributed by atoms with van der Waals surface area (Å²) in [6, 6.07) is 0. The highest BCUT2D eigenvalue weighted by atomic mass is 32.2. The zero-order valence-electron chi connectivity index (χ0n) is 9.93. The fraction of sp³-hybridized carbons (Fsp3) is 0.700. The molecule has 0 saturated carbocycles. The van der Waals surface area contributed by atoms with E-state index >= 15 is 0 Å². The van der Waals surface area contributed by atoms with Crippen molar-refractivity contribution in [2.75, 3.05) is 13.2 Å². The summed E-state index contributed by atoms with van der Waals surface area (Å²) in [7, 11) is -3.46. The minimum atomic E-state index is -3.46. The molecule has 6 nitrogen and oxygen atoms in total. The van der Waals surface area contributed by atoms with Crippen LogP contribution in [-0.4, -0.2) is 37.9 Å². The van der Waals surface area contributed by atoms with Crippen molar-refractivity contribution in [3.8, 4) is 0 Å². The molecule has 1 aliphatic heterocycles. The number of H-pyrrole nitrogens is 1. The molecule has 1 saturated heterocycles. The van der Waals surface area contributed by atoms with E-state index in [2.05, 4.69) is 14.9 Å². The van der Waals surface area contributed by atoms with Gasteiger partial charge in [-0.3, -0.25) is 5.10 Å². The van der Waals surface area contributed by atoms with Gasteiger partial charge in [0.05, 0.1) is 18.0 Å². The number of hydrogen-bond acceptors (Lipinski definition) is 4. The summed E-state index contributed by atoms with van der Waals surface area (Å²) < 4.78 is 31.9. The summed E-state index contributed by atoms with van der Waals surface area (Å²) in [5.41, 5.74) is 0.549. The summed E-state index contributed by atoms with van der Waals surface area (Å²) in [6.07, 6.45) is 2.34. The second-order valence-corrected chi connectivity index (χ2v) is 6.07. The lowest BCUT2D eigenvalue weighted by molar-refractivity contribution is 0.107. The summed E-state index contributed by atoms with van der Waals surface area (Å²) in [4.78, 5) is 0.212. The predicted molar refractivity (Wildman–Crippen MR) is 62.0 cm³/mol. The molecule has 0 amide bonds. The maximum Gasteiger partial charge on any atom is 0.243 e. The molecule has 0 spiro atoms. The third-order valence-electron chi connectivity index (χ3n) is 3.14. The van der Waals surface area contributed by atoms with Gasteiger partial charge in [0, 0.05) is 19.1 Å². The molecule has 96 valence electrons. The average molecular weight is 259 g/mol. The van der Waals surface area contributed by atoms with Gasteiger partial charge >= 0.3 is 0 Å². The van der Waals surface area contributed by atoms with Gasteiger partial charge in [-0.15, -0.1) is 0 Å². The molecule has 2 rings (SSSR count). The Balaban J connectivity index is 2.01. The van der Waals surface area contributed by atoms with Crippen molar-refractivity contribution in [3.05, 3.63) is 11.9 Å². The van der Waals surface area contributed by atoms with Gasteiger partial charge in [0.15, 0.2) is 0 Å². The van der Waals surface area contributed by atoms with E-state index in [0.29, 0.717) is 18.8 Å². The predicted octanol–water partition coefficient (Wildman–Crippen LogP) is 0.421. The molecule has 17 heavy (non-hydrogen) atoms. The normalized spacial score (nSPS) is 25.3. The number of hydrogen-bond donors (Lipinski definition) is 2. The smallest absolute Gasteiger partial charge is 0.243 e. The second kappa shape index (κ2) is 4.75. The van der Waals surface area contributed by atoms with Crippen molar-refractivity contribution < 1.29 is 13.2 Å². The lowest BCUT2D eigenvalue weighted by Gasteiger charge is -2.14. The Morgan fingerprint density at radius 3 is 2.94 bits per heavy atom. The molecule has 1 aliphatic rings. The van der Waals surface area contributed by atoms with Crippen molar-refractivity contribution in [2.45, 2.75) is 31.3 Å². The molecule has 7 heteroatoms. The summed E-state index contributed by atoms with van der Waals surface area (Å²) >= 11 is 0. The summed E-state index contributed by atoms with van der Waals surface area (Å²) in [5, 5.41) is 6.33. The quantitative estimate of drug-likeness (QED) is 0.821. The SMILES string of the molecule is Cc1[nH]ncc1S(=O)(=O)NCC1CCOC1C. The molecule has 1 aromatic rings. The Labute approximate surface area is 101 Å². The van der Waals surface area contributed by atoms with E-state index in [0.717, 1.165) is 6.42 Å². The molecule has 1 fully saturated rings. The first-order valence-corrected chi connectivity index (χ1v) is 7.10. The Bertz CT molecular complexity index is 483. The summed E-state index contributed by atoms with van der Waals surface area (Å²) in [5.74, 6) is 0.247. The van der Waals surface area contributed by atoms with Crippen LogP contribution in [0.3, 0.4) is 0 Å². The molecule has 0 bridgehead atoms. The highest BCUT2D eigenvalue weighted by Crippen LogP contribution is 2.20. The van der Waals surface area contributed by atoms with Gasteiger partial charge in [-0.25, -0.2) is 13.1 Å². The second-order valence-electron chi connectivity index (χ2n) is 4.34. The molecule has 0 aliphatic carbocycles. The zero-order chi connectivity index (χ0) is 12.5. The van der Waals surface area contributed by atoms with Gasteiger partial charge in [0.1, 0.15) is 4.90 Å². The number of aromatic amines is 1. The van der Waals surface area contributed by atoms with Crippen LogP contribution >= 0.6 is 0 Å². The van der Waals surface area contributed by atoms with Gasteiger partial charge in [0.2, 0.25) is 10.0 Å². The number of sulfonamides is 1. The van der Waals surface area contributed by atoms with Gasteiger partial charge < -0.3 is 4.74 Å². The molecule has 0 radical (unpaired) electrons. The van der Waals surface area contributed by atoms with E-state index in [4.69, 9.17) is 4.74 Å². The van der Waals surface area contributed by atoms with E-state index in [1.807, 2.05) is 6.92 Å². The van der Waals surface area contributed by atoms with Gasteiger partial charge in [-0.05, 0) is 20.3 Å². The number of ether oxygens (including phenoxy) is 1. The average Bonchev–Trinajstić information content (AvgIpc) is 2.85. The van der Waals surface area contributed by atoms with Crippen molar-refractivity contribution in [2.24, 2.45) is 5.92 Å². The first-order chi connectivity index (χ1) is 8.00. The van der Waals surface area contributed by atoms with Crippen molar-refractivity contribution in [1.29, 1.82) is 0 Å². The van der Waals surface area contributed by atoms with Crippen LogP contribution < -0.4 is 4.72 Å². The largest absolute Gasteiger partial charge is 0.378 e. The molecular formula is C10H17N3O3S. The van der Waals surface area contributed by atoms with Crippen LogP contribution in [0.25, 0.3) is 0 Å². The molecular weight excluding hydrogens is 242 g/mol. The fourth-order valence-electron chi connectivity index (χ4n) is 1.95. The van der Waals surface area contributed by atoms with Crippen LogP contribution in [0.5, 0.6) is 0 Å². The monoisotopic (exact) mass is 259 g/mol. The van der Waals surface area contributed by atoms with Crippen molar-refractivity contribution in [3.63, 3.8) is 0 Å². The van der Waals surface area contributed by atoms with E-state index in [1.165, 1.54) is 6.20 Å². The van der Waals surface area contributed by atoms with Gasteiger partial charge in [0.25, 0.3) is 0 Å². The Morgan fingerprint density at radius 2 is 2.41 bits per heavy atom. The topological polar surface area (TPSA) is 84.1 Å². The molecule has 2 heterocycles. The van der Waals surface area contributed by atoms with Crippen molar-refractivity contribution >= 4 is 10.0 Å². The minimum absolute atomic E-state index is 0.114. The maximum absolute atomic E-state index is 12.0. The third kappa shape index (κ3) is 2.67. The fourth-order valence-corrected chi connectivity index (χ4v) is 3.18. The highest BCUT2D eigenvalue weighted by Gasteiger charge is 2.27. The molecule has 2 N–H and O–H groups in total. The molecule has 1 aromatic heterocycles. The maximum atomic E-state index is 12.0. The van der Waals surface area contributed by atoms with E-state index in [1.54, 1.807) is 6.92 Å². The number of rotatable bonds is 4. The minimum Gasteiger partial charge on any atom is -0.378 e. The van der Waals surface area contributed by atoms with Crippen LogP contribution in [0.2, 0.25) is 0 Å². The Morgan fingerprint density at radius 1 is 1.65 bits per heavy atom. The number of aromatic nitrogens is 2. The lowest BCUT2D eigenvalue weighted by Crippen LogP contribution is -2.32. The Kier molecular flexibility index (Phi) is 3.50.